The fourth-order valence-electron chi connectivity index (χ4n) is 1.79. The van der Waals surface area contributed by atoms with Gasteiger partial charge in [-0.25, -0.2) is 0 Å². The van der Waals surface area contributed by atoms with Crippen LogP contribution in [0.25, 0.3) is 0 Å². The molecule has 0 spiro atoms. The lowest BCUT2D eigenvalue weighted by atomic mass is 9.75. The van der Waals surface area contributed by atoms with Gasteiger partial charge in [-0.1, -0.05) is 87.1 Å². The SMILES string of the molecule is C.CC.CC(C)(C)c1ccccc1C(C)(C)C. The molecule has 100 valence electrons. The van der Waals surface area contributed by atoms with Crippen molar-refractivity contribution < 1.29 is 0 Å². The van der Waals surface area contributed by atoms with Crippen LogP contribution in [-0.4, -0.2) is 0 Å². The molecule has 0 nitrogen and oxygen atoms in total. The molecule has 0 amide bonds. The monoisotopic (exact) mass is 236 g/mol. The van der Waals surface area contributed by atoms with Crippen molar-refractivity contribution in [3.8, 4) is 0 Å². The van der Waals surface area contributed by atoms with Crippen LogP contribution in [-0.2, 0) is 10.8 Å². The molecule has 0 unspecified atom stereocenters. The minimum Gasteiger partial charge on any atom is -0.0776 e. The summed E-state index contributed by atoms with van der Waals surface area (Å²) in [5.74, 6) is 0. The first-order valence-corrected chi connectivity index (χ1v) is 6.33. The predicted octanol–water partition coefficient (Wildman–Crippen LogP) is 5.94. The van der Waals surface area contributed by atoms with Crippen molar-refractivity contribution in [1.29, 1.82) is 0 Å². The summed E-state index contributed by atoms with van der Waals surface area (Å²) < 4.78 is 0. The first-order valence-electron chi connectivity index (χ1n) is 6.33. The van der Waals surface area contributed by atoms with Crippen LogP contribution in [0.2, 0.25) is 0 Å². The van der Waals surface area contributed by atoms with E-state index in [1.165, 1.54) is 11.1 Å². The zero-order valence-electron chi connectivity index (χ0n) is 12.3. The summed E-state index contributed by atoms with van der Waals surface area (Å²) in [6.45, 7) is 17.7. The molecule has 0 heterocycles. The maximum absolute atomic E-state index is 2.28. The summed E-state index contributed by atoms with van der Waals surface area (Å²) >= 11 is 0. The van der Waals surface area contributed by atoms with Crippen molar-refractivity contribution in [1.82, 2.24) is 0 Å². The van der Waals surface area contributed by atoms with E-state index in [-0.39, 0.29) is 18.3 Å². The summed E-state index contributed by atoms with van der Waals surface area (Å²) in [6.07, 6.45) is 0. The van der Waals surface area contributed by atoms with Gasteiger partial charge >= 0.3 is 0 Å². The molecular weight excluding hydrogens is 204 g/mol. The Bertz CT molecular complexity index is 275. The zero-order valence-corrected chi connectivity index (χ0v) is 12.3. The fourth-order valence-corrected chi connectivity index (χ4v) is 1.79. The highest BCUT2D eigenvalue weighted by molar-refractivity contribution is 5.37. The fraction of sp³-hybridized carbons (Fsp3) is 0.647. The van der Waals surface area contributed by atoms with Gasteiger partial charge in [0.15, 0.2) is 0 Å². The van der Waals surface area contributed by atoms with Crippen molar-refractivity contribution in [3.63, 3.8) is 0 Å². The van der Waals surface area contributed by atoms with Gasteiger partial charge in [0.25, 0.3) is 0 Å². The Kier molecular flexibility index (Phi) is 7.47. The smallest absolute Gasteiger partial charge is 0.0129 e. The molecule has 0 fully saturated rings. The molecule has 0 atom stereocenters. The Morgan fingerprint density at radius 2 is 0.882 bits per heavy atom. The molecule has 1 aromatic carbocycles. The van der Waals surface area contributed by atoms with Gasteiger partial charge < -0.3 is 0 Å². The average Bonchev–Trinajstić information content (AvgIpc) is 2.18. The van der Waals surface area contributed by atoms with Crippen LogP contribution in [0.4, 0.5) is 0 Å². The molecule has 0 saturated heterocycles. The Hall–Kier alpha value is -0.780. The Morgan fingerprint density at radius 3 is 1.06 bits per heavy atom. The highest BCUT2D eigenvalue weighted by Gasteiger charge is 2.23. The minimum atomic E-state index is 0. The van der Waals surface area contributed by atoms with Crippen LogP contribution in [0.3, 0.4) is 0 Å². The molecule has 0 aliphatic carbocycles. The van der Waals surface area contributed by atoms with E-state index in [1.54, 1.807) is 0 Å². The van der Waals surface area contributed by atoms with Crippen LogP contribution in [0.15, 0.2) is 24.3 Å². The lowest BCUT2D eigenvalue weighted by Gasteiger charge is -2.29. The van der Waals surface area contributed by atoms with E-state index < -0.39 is 0 Å². The molecule has 0 saturated carbocycles. The standard InChI is InChI=1S/C14H22.C2H6.CH4/c1-13(2,3)11-9-7-8-10-12(11)14(4,5)6;1-2;/h7-10H,1-6H3;1-2H3;1H4. The van der Waals surface area contributed by atoms with Crippen molar-refractivity contribution in [2.24, 2.45) is 0 Å². The topological polar surface area (TPSA) is 0 Å². The van der Waals surface area contributed by atoms with Crippen molar-refractivity contribution in [3.05, 3.63) is 35.4 Å². The quantitative estimate of drug-likeness (QED) is 0.522. The van der Waals surface area contributed by atoms with Gasteiger partial charge in [0, 0.05) is 0 Å². The summed E-state index contributed by atoms with van der Waals surface area (Å²) in [5, 5.41) is 0. The molecule has 0 aromatic heterocycles. The molecule has 0 bridgehead atoms. The third kappa shape index (κ3) is 5.39. The molecule has 0 heteroatoms. The molecule has 17 heavy (non-hydrogen) atoms. The van der Waals surface area contributed by atoms with Crippen molar-refractivity contribution >= 4 is 0 Å². The van der Waals surface area contributed by atoms with Crippen LogP contribution in [0, 0.1) is 0 Å². The number of hydrogen-bond acceptors (Lipinski definition) is 0. The van der Waals surface area contributed by atoms with Gasteiger partial charge in [0.1, 0.15) is 0 Å². The molecular formula is C17H32. The lowest BCUT2D eigenvalue weighted by molar-refractivity contribution is 0.530. The third-order valence-corrected chi connectivity index (χ3v) is 2.54. The van der Waals surface area contributed by atoms with E-state index in [9.17, 15) is 0 Å². The van der Waals surface area contributed by atoms with E-state index >= 15 is 0 Å². The second-order valence-electron chi connectivity index (χ2n) is 6.05. The lowest BCUT2D eigenvalue weighted by Crippen LogP contribution is -2.21. The third-order valence-electron chi connectivity index (χ3n) is 2.54. The van der Waals surface area contributed by atoms with E-state index in [0.29, 0.717) is 0 Å². The Morgan fingerprint density at radius 1 is 0.647 bits per heavy atom. The Balaban J connectivity index is 0. The van der Waals surface area contributed by atoms with Gasteiger partial charge in [-0.05, 0) is 22.0 Å². The van der Waals surface area contributed by atoms with E-state index in [1.807, 2.05) is 13.8 Å². The minimum absolute atomic E-state index is 0. The largest absolute Gasteiger partial charge is 0.0776 e. The normalized spacial score (nSPS) is 11.1. The summed E-state index contributed by atoms with van der Waals surface area (Å²) in [4.78, 5) is 0. The van der Waals surface area contributed by atoms with E-state index in [0.717, 1.165) is 0 Å². The summed E-state index contributed by atoms with van der Waals surface area (Å²) in [5.41, 5.74) is 3.41. The Labute approximate surface area is 109 Å². The van der Waals surface area contributed by atoms with Gasteiger partial charge in [0.2, 0.25) is 0 Å². The molecule has 0 N–H and O–H groups in total. The van der Waals surface area contributed by atoms with Crippen LogP contribution >= 0.6 is 0 Å². The van der Waals surface area contributed by atoms with Crippen LogP contribution < -0.4 is 0 Å². The molecule has 0 aliphatic heterocycles. The van der Waals surface area contributed by atoms with Gasteiger partial charge in [-0.2, -0.15) is 0 Å². The summed E-state index contributed by atoms with van der Waals surface area (Å²) in [7, 11) is 0. The predicted molar refractivity (Wildman–Crippen MR) is 81.9 cm³/mol. The molecule has 1 aromatic rings. The number of benzene rings is 1. The summed E-state index contributed by atoms with van der Waals surface area (Å²) in [6, 6.07) is 8.77. The van der Waals surface area contributed by atoms with Crippen molar-refractivity contribution in [2.75, 3.05) is 0 Å². The maximum Gasteiger partial charge on any atom is -0.0129 e. The zero-order chi connectivity index (χ0) is 13.0. The first kappa shape index (κ1) is 18.6. The van der Waals surface area contributed by atoms with Gasteiger partial charge in [0.05, 0.1) is 0 Å². The molecule has 1 rings (SSSR count). The van der Waals surface area contributed by atoms with Crippen LogP contribution in [0.1, 0.15) is 73.9 Å². The van der Waals surface area contributed by atoms with E-state index in [2.05, 4.69) is 65.8 Å². The molecule has 0 radical (unpaired) electrons. The number of rotatable bonds is 0. The highest BCUT2D eigenvalue weighted by Crippen LogP contribution is 2.33. The molecule has 0 aliphatic rings. The van der Waals surface area contributed by atoms with Crippen LogP contribution in [0.5, 0.6) is 0 Å². The highest BCUT2D eigenvalue weighted by atomic mass is 14.3. The second kappa shape index (κ2) is 6.83. The van der Waals surface area contributed by atoms with Gasteiger partial charge in [-0.15, -0.1) is 0 Å². The van der Waals surface area contributed by atoms with Crippen molar-refractivity contribution in [2.45, 2.75) is 73.6 Å². The average molecular weight is 236 g/mol. The second-order valence-corrected chi connectivity index (χ2v) is 6.05. The van der Waals surface area contributed by atoms with E-state index in [4.69, 9.17) is 0 Å². The first-order chi connectivity index (χ1) is 7.23. The van der Waals surface area contributed by atoms with Gasteiger partial charge in [-0.3, -0.25) is 0 Å². The maximum atomic E-state index is 2.28. The number of hydrogen-bond donors (Lipinski definition) is 0.